The molecule has 1 heterocycles. The summed E-state index contributed by atoms with van der Waals surface area (Å²) in [5, 5.41) is 0. The lowest BCUT2D eigenvalue weighted by molar-refractivity contribution is 0.553. The Hall–Kier alpha value is -1.12. The van der Waals surface area contributed by atoms with E-state index in [-0.39, 0.29) is 11.0 Å². The van der Waals surface area contributed by atoms with E-state index in [0.717, 1.165) is 5.69 Å². The molecule has 13 heavy (non-hydrogen) atoms. The van der Waals surface area contributed by atoms with Crippen molar-refractivity contribution in [1.29, 1.82) is 0 Å². The summed E-state index contributed by atoms with van der Waals surface area (Å²) in [5.41, 5.74) is 1.49. The summed E-state index contributed by atoms with van der Waals surface area (Å²) >= 11 is 0. The van der Waals surface area contributed by atoms with Crippen molar-refractivity contribution in [3.63, 3.8) is 0 Å². The van der Waals surface area contributed by atoms with Crippen LogP contribution in [0.15, 0.2) is 11.0 Å². The first-order chi connectivity index (χ1) is 5.82. The van der Waals surface area contributed by atoms with Crippen molar-refractivity contribution >= 4 is 0 Å². The van der Waals surface area contributed by atoms with E-state index in [0.29, 0.717) is 5.69 Å². The predicted octanol–water partition coefficient (Wildman–Crippen LogP) is 1.39. The second-order valence-electron chi connectivity index (χ2n) is 4.38. The largest absolute Gasteiger partial charge is 0.315 e. The van der Waals surface area contributed by atoms with E-state index in [1.54, 1.807) is 24.7 Å². The van der Waals surface area contributed by atoms with Gasteiger partial charge in [-0.25, -0.2) is 0 Å². The van der Waals surface area contributed by atoms with Crippen LogP contribution < -0.4 is 5.56 Å². The van der Waals surface area contributed by atoms with Crippen LogP contribution in [0.2, 0.25) is 0 Å². The van der Waals surface area contributed by atoms with Crippen molar-refractivity contribution < 1.29 is 0 Å². The first kappa shape index (κ1) is 9.96. The normalized spacial score (nSPS) is 11.8. The van der Waals surface area contributed by atoms with Gasteiger partial charge in [0.15, 0.2) is 0 Å². The molecule has 0 aromatic carbocycles. The lowest BCUT2D eigenvalue weighted by Gasteiger charge is -2.18. The molecule has 0 bridgehead atoms. The topological polar surface area (TPSA) is 34.9 Å². The molecule has 0 N–H and O–H groups in total. The maximum atomic E-state index is 11.3. The van der Waals surface area contributed by atoms with Gasteiger partial charge in [0.25, 0.3) is 5.56 Å². The van der Waals surface area contributed by atoms with Crippen LogP contribution >= 0.6 is 0 Å². The maximum Gasteiger partial charge on any atom is 0.271 e. The quantitative estimate of drug-likeness (QED) is 0.604. The molecule has 0 spiro atoms. The van der Waals surface area contributed by atoms with Crippen LogP contribution in [0.5, 0.6) is 0 Å². The molecule has 0 atom stereocenters. The van der Waals surface area contributed by atoms with Gasteiger partial charge < -0.3 is 4.57 Å². The van der Waals surface area contributed by atoms with Crippen molar-refractivity contribution in [1.82, 2.24) is 9.55 Å². The van der Waals surface area contributed by atoms with Crippen LogP contribution in [0.4, 0.5) is 0 Å². The maximum absolute atomic E-state index is 11.3. The second kappa shape index (κ2) is 2.98. The highest BCUT2D eigenvalue weighted by atomic mass is 16.1. The van der Waals surface area contributed by atoms with Gasteiger partial charge in [0.1, 0.15) is 5.69 Å². The molecule has 1 aromatic rings. The summed E-state index contributed by atoms with van der Waals surface area (Å²) in [6.45, 7) is 8.00. The third kappa shape index (κ3) is 1.97. The van der Waals surface area contributed by atoms with Gasteiger partial charge >= 0.3 is 0 Å². The van der Waals surface area contributed by atoms with E-state index in [2.05, 4.69) is 25.8 Å². The van der Waals surface area contributed by atoms with Crippen LogP contribution in [-0.2, 0) is 12.5 Å². The summed E-state index contributed by atoms with van der Waals surface area (Å²) in [6, 6.07) is 0. The molecule has 0 aliphatic rings. The van der Waals surface area contributed by atoms with Gasteiger partial charge in [-0.05, 0) is 6.92 Å². The summed E-state index contributed by atoms with van der Waals surface area (Å²) in [6.07, 6.45) is 1.80. The van der Waals surface area contributed by atoms with Gasteiger partial charge in [0, 0.05) is 18.7 Å². The van der Waals surface area contributed by atoms with Gasteiger partial charge in [-0.1, -0.05) is 20.8 Å². The molecule has 3 heteroatoms. The fourth-order valence-corrected chi connectivity index (χ4v) is 1.12. The number of aryl methyl sites for hydroxylation is 2. The Bertz CT molecular complexity index is 345. The molecule has 0 radical (unpaired) electrons. The second-order valence-corrected chi connectivity index (χ2v) is 4.38. The van der Waals surface area contributed by atoms with E-state index in [4.69, 9.17) is 0 Å². The minimum Gasteiger partial charge on any atom is -0.315 e. The third-order valence-electron chi connectivity index (χ3n) is 2.00. The van der Waals surface area contributed by atoms with Gasteiger partial charge in [0.2, 0.25) is 0 Å². The van der Waals surface area contributed by atoms with E-state index in [9.17, 15) is 4.79 Å². The molecule has 0 aliphatic heterocycles. The highest BCUT2D eigenvalue weighted by molar-refractivity contribution is 5.12. The summed E-state index contributed by atoms with van der Waals surface area (Å²) in [5.74, 6) is 0. The van der Waals surface area contributed by atoms with Crippen molar-refractivity contribution in [2.24, 2.45) is 7.05 Å². The fraction of sp³-hybridized carbons (Fsp3) is 0.600. The van der Waals surface area contributed by atoms with Crippen molar-refractivity contribution in [3.05, 3.63) is 27.9 Å². The summed E-state index contributed by atoms with van der Waals surface area (Å²) in [4.78, 5) is 15.6. The van der Waals surface area contributed by atoms with Gasteiger partial charge in [0.05, 0.1) is 5.69 Å². The highest BCUT2D eigenvalue weighted by Crippen LogP contribution is 2.18. The molecule has 0 amide bonds. The predicted molar refractivity (Wildman–Crippen MR) is 52.9 cm³/mol. The molecule has 0 fully saturated rings. The lowest BCUT2D eigenvalue weighted by atomic mass is 9.92. The first-order valence-electron chi connectivity index (χ1n) is 4.37. The highest BCUT2D eigenvalue weighted by Gasteiger charge is 2.16. The molecule has 0 unspecified atom stereocenters. The van der Waals surface area contributed by atoms with E-state index in [1.807, 2.05) is 0 Å². The van der Waals surface area contributed by atoms with E-state index in [1.165, 1.54) is 0 Å². The Kier molecular flexibility index (Phi) is 2.28. The van der Waals surface area contributed by atoms with Crippen LogP contribution in [0.3, 0.4) is 0 Å². The average molecular weight is 180 g/mol. The van der Waals surface area contributed by atoms with Crippen molar-refractivity contribution in [3.8, 4) is 0 Å². The molecule has 0 saturated heterocycles. The molecule has 72 valence electrons. The van der Waals surface area contributed by atoms with Crippen molar-refractivity contribution in [2.75, 3.05) is 0 Å². The zero-order valence-corrected chi connectivity index (χ0v) is 8.88. The number of rotatable bonds is 0. The van der Waals surface area contributed by atoms with Crippen LogP contribution in [0.1, 0.15) is 32.2 Å². The molecule has 1 aromatic heterocycles. The summed E-state index contributed by atoms with van der Waals surface area (Å²) < 4.78 is 1.59. The standard InChI is InChI=1S/C10H16N2O/c1-7-9(13)12(5)6-8(11-7)10(2,3)4/h6H,1-5H3. The number of nitrogens with zero attached hydrogens (tertiary/aromatic N) is 2. The van der Waals surface area contributed by atoms with E-state index >= 15 is 0 Å². The minimum absolute atomic E-state index is 0.00375. The van der Waals surface area contributed by atoms with Gasteiger partial charge in [-0.2, -0.15) is 0 Å². The van der Waals surface area contributed by atoms with Crippen LogP contribution in [0, 0.1) is 6.92 Å². The Balaban J connectivity index is 3.38. The Labute approximate surface area is 78.4 Å². The minimum atomic E-state index is -0.0204. The Morgan fingerprint density at radius 1 is 1.38 bits per heavy atom. The smallest absolute Gasteiger partial charge is 0.271 e. The third-order valence-corrected chi connectivity index (χ3v) is 2.00. The first-order valence-corrected chi connectivity index (χ1v) is 4.37. The SMILES string of the molecule is Cc1nc(C(C)(C)C)cn(C)c1=O. The van der Waals surface area contributed by atoms with Gasteiger partial charge in [-0.3, -0.25) is 9.78 Å². The van der Waals surface area contributed by atoms with E-state index < -0.39 is 0 Å². The molecular weight excluding hydrogens is 164 g/mol. The van der Waals surface area contributed by atoms with Crippen molar-refractivity contribution in [2.45, 2.75) is 33.1 Å². The Morgan fingerprint density at radius 3 is 2.31 bits per heavy atom. The molecule has 1 rings (SSSR count). The van der Waals surface area contributed by atoms with Gasteiger partial charge in [-0.15, -0.1) is 0 Å². The monoisotopic (exact) mass is 180 g/mol. The van der Waals surface area contributed by atoms with Crippen LogP contribution in [0.25, 0.3) is 0 Å². The molecule has 0 aliphatic carbocycles. The summed E-state index contributed by atoms with van der Waals surface area (Å²) in [7, 11) is 1.76. The lowest BCUT2D eigenvalue weighted by Crippen LogP contribution is -2.25. The fourth-order valence-electron chi connectivity index (χ4n) is 1.12. The number of hydrogen-bond acceptors (Lipinski definition) is 2. The number of hydrogen-bond donors (Lipinski definition) is 0. The Morgan fingerprint density at radius 2 is 1.92 bits per heavy atom. The average Bonchev–Trinajstić information content (AvgIpc) is 1.97. The zero-order chi connectivity index (χ0) is 10.2. The van der Waals surface area contributed by atoms with Crippen LogP contribution in [-0.4, -0.2) is 9.55 Å². The molecule has 3 nitrogen and oxygen atoms in total. The number of aromatic nitrogens is 2. The molecule has 0 saturated carbocycles. The molecular formula is C10H16N2O. The zero-order valence-electron chi connectivity index (χ0n) is 8.88.